The molecule has 0 N–H and O–H groups in total. The average molecular weight is 317 g/mol. The summed E-state index contributed by atoms with van der Waals surface area (Å²) in [6, 6.07) is 14.6. The summed E-state index contributed by atoms with van der Waals surface area (Å²) in [6.07, 6.45) is -3.27. The van der Waals surface area contributed by atoms with E-state index >= 15 is 0 Å². The Morgan fingerprint density at radius 2 is 1.61 bits per heavy atom. The highest BCUT2D eigenvalue weighted by molar-refractivity contribution is 5.43. The van der Waals surface area contributed by atoms with E-state index in [0.29, 0.717) is 5.92 Å². The highest BCUT2D eigenvalue weighted by Crippen LogP contribution is 2.47. The molecule has 1 aliphatic heterocycles. The number of likely N-dealkylation sites (tertiary alicyclic amines) is 1. The van der Waals surface area contributed by atoms with Gasteiger partial charge in [-0.3, -0.25) is 4.90 Å². The third kappa shape index (κ3) is 2.76. The van der Waals surface area contributed by atoms with Gasteiger partial charge in [-0.1, -0.05) is 36.4 Å². The molecule has 1 saturated heterocycles. The van der Waals surface area contributed by atoms with Crippen LogP contribution in [0.4, 0.5) is 13.2 Å². The third-order valence-electron chi connectivity index (χ3n) is 5.07. The van der Waals surface area contributed by atoms with Crippen molar-refractivity contribution in [2.24, 2.45) is 0 Å². The normalized spacial score (nSPS) is 23.8. The van der Waals surface area contributed by atoms with Crippen molar-refractivity contribution >= 4 is 0 Å². The Balaban J connectivity index is 1.57. The topological polar surface area (TPSA) is 3.24 Å². The Labute approximate surface area is 133 Å². The van der Waals surface area contributed by atoms with E-state index in [4.69, 9.17) is 0 Å². The molecule has 1 fully saturated rings. The fourth-order valence-electron chi connectivity index (χ4n) is 4.09. The predicted molar refractivity (Wildman–Crippen MR) is 83.3 cm³/mol. The fraction of sp³-hybridized carbons (Fsp3) is 0.368. The molecule has 2 aromatic carbocycles. The van der Waals surface area contributed by atoms with Crippen molar-refractivity contribution in [2.75, 3.05) is 13.1 Å². The van der Waals surface area contributed by atoms with Gasteiger partial charge in [-0.05, 0) is 47.1 Å². The van der Waals surface area contributed by atoms with E-state index in [9.17, 15) is 13.2 Å². The molecular formula is C19H18F3N. The van der Waals surface area contributed by atoms with Crippen LogP contribution in [-0.4, -0.2) is 18.0 Å². The van der Waals surface area contributed by atoms with Gasteiger partial charge in [0.15, 0.2) is 0 Å². The van der Waals surface area contributed by atoms with E-state index in [1.165, 1.54) is 17.7 Å². The molecule has 2 atom stereocenters. The summed E-state index contributed by atoms with van der Waals surface area (Å²) >= 11 is 0. The van der Waals surface area contributed by atoms with Crippen LogP contribution in [0.15, 0.2) is 48.5 Å². The van der Waals surface area contributed by atoms with E-state index in [1.54, 1.807) is 6.07 Å². The molecule has 2 bridgehead atoms. The van der Waals surface area contributed by atoms with E-state index in [0.717, 1.165) is 37.2 Å². The third-order valence-corrected chi connectivity index (χ3v) is 5.07. The number of halogens is 3. The molecule has 0 radical (unpaired) electrons. The Morgan fingerprint density at radius 3 is 2.30 bits per heavy atom. The van der Waals surface area contributed by atoms with Crippen molar-refractivity contribution in [2.45, 2.75) is 31.0 Å². The molecule has 2 aliphatic rings. The van der Waals surface area contributed by atoms with E-state index in [1.807, 2.05) is 18.2 Å². The molecule has 1 aliphatic carbocycles. The van der Waals surface area contributed by atoms with Crippen LogP contribution >= 0.6 is 0 Å². The Bertz CT molecular complexity index is 708. The van der Waals surface area contributed by atoms with Gasteiger partial charge in [0.1, 0.15) is 0 Å². The lowest BCUT2D eigenvalue weighted by Gasteiger charge is -2.32. The van der Waals surface area contributed by atoms with E-state index < -0.39 is 11.7 Å². The number of piperidine rings is 1. The van der Waals surface area contributed by atoms with Crippen molar-refractivity contribution in [1.82, 2.24) is 4.90 Å². The highest BCUT2D eigenvalue weighted by atomic mass is 19.4. The fourth-order valence-corrected chi connectivity index (χ4v) is 4.09. The number of fused-ring (bicyclic) bond motifs is 5. The Kier molecular flexibility index (Phi) is 3.45. The second-order valence-electron chi connectivity index (χ2n) is 6.65. The van der Waals surface area contributed by atoms with Crippen molar-refractivity contribution in [3.8, 4) is 0 Å². The summed E-state index contributed by atoms with van der Waals surface area (Å²) in [6.45, 7) is 2.65. The summed E-state index contributed by atoms with van der Waals surface area (Å²) in [5.74, 6) is 0.601. The standard InChI is InChI=1S/C19H18F3N/c20-19(21,22)16-6-7-17-14-8-15(18(17)9-16)12-23(11-14)10-13-4-2-1-3-5-13/h1-7,9,14-15H,8,10-12H2/t14-,15-/m1/s1. The van der Waals surface area contributed by atoms with E-state index in [-0.39, 0.29) is 5.92 Å². The van der Waals surface area contributed by atoms with Crippen LogP contribution < -0.4 is 0 Å². The van der Waals surface area contributed by atoms with Crippen LogP contribution in [0.5, 0.6) is 0 Å². The van der Waals surface area contributed by atoms with Gasteiger partial charge in [0.05, 0.1) is 5.56 Å². The number of hydrogen-bond donors (Lipinski definition) is 0. The second kappa shape index (κ2) is 5.38. The molecule has 120 valence electrons. The summed E-state index contributed by atoms with van der Waals surface area (Å²) < 4.78 is 38.9. The molecule has 1 nitrogen and oxygen atoms in total. The summed E-state index contributed by atoms with van der Waals surface area (Å²) in [4.78, 5) is 2.38. The lowest BCUT2D eigenvalue weighted by molar-refractivity contribution is -0.137. The summed E-state index contributed by atoms with van der Waals surface area (Å²) in [5, 5.41) is 0. The maximum absolute atomic E-state index is 13.0. The Morgan fingerprint density at radius 1 is 0.913 bits per heavy atom. The van der Waals surface area contributed by atoms with Gasteiger partial charge >= 0.3 is 6.18 Å². The van der Waals surface area contributed by atoms with Gasteiger partial charge in [-0.2, -0.15) is 13.2 Å². The molecule has 0 amide bonds. The highest BCUT2D eigenvalue weighted by Gasteiger charge is 2.39. The second-order valence-corrected chi connectivity index (χ2v) is 6.65. The van der Waals surface area contributed by atoms with Crippen LogP contribution in [0.3, 0.4) is 0 Å². The minimum absolute atomic E-state index is 0.231. The average Bonchev–Trinajstić information content (AvgIpc) is 2.78. The molecule has 0 saturated carbocycles. The SMILES string of the molecule is FC(F)(F)c1ccc2c(c1)[C@@H]1C[C@@H]2CN(Cc2ccccc2)C1. The monoisotopic (exact) mass is 317 g/mol. The first kappa shape index (κ1) is 14.8. The molecule has 2 aromatic rings. The van der Waals surface area contributed by atoms with Crippen LogP contribution in [0.1, 0.15) is 40.5 Å². The quantitative estimate of drug-likeness (QED) is 0.769. The van der Waals surface area contributed by atoms with Crippen molar-refractivity contribution in [3.05, 3.63) is 70.8 Å². The van der Waals surface area contributed by atoms with Gasteiger partial charge < -0.3 is 0 Å². The molecule has 0 aromatic heterocycles. The summed E-state index contributed by atoms with van der Waals surface area (Å²) in [7, 11) is 0. The lowest BCUT2D eigenvalue weighted by Crippen LogP contribution is -2.34. The number of nitrogens with zero attached hydrogens (tertiary/aromatic N) is 1. The Hall–Kier alpha value is -1.81. The summed E-state index contributed by atoms with van der Waals surface area (Å²) in [5.41, 5.74) is 2.78. The molecule has 23 heavy (non-hydrogen) atoms. The zero-order valence-corrected chi connectivity index (χ0v) is 12.7. The zero-order chi connectivity index (χ0) is 16.0. The molecule has 4 rings (SSSR count). The first-order chi connectivity index (χ1) is 11.0. The van der Waals surface area contributed by atoms with Gasteiger partial charge in [0.2, 0.25) is 0 Å². The smallest absolute Gasteiger partial charge is 0.298 e. The van der Waals surface area contributed by atoms with E-state index in [2.05, 4.69) is 17.0 Å². The van der Waals surface area contributed by atoms with Gasteiger partial charge in [-0.15, -0.1) is 0 Å². The number of benzene rings is 2. The minimum atomic E-state index is -4.25. The number of hydrogen-bond acceptors (Lipinski definition) is 1. The molecule has 0 spiro atoms. The molecular weight excluding hydrogens is 299 g/mol. The van der Waals surface area contributed by atoms with Crippen molar-refractivity contribution < 1.29 is 13.2 Å². The van der Waals surface area contributed by atoms with Crippen molar-refractivity contribution in [1.29, 1.82) is 0 Å². The van der Waals surface area contributed by atoms with Gasteiger partial charge in [0, 0.05) is 19.6 Å². The number of alkyl halides is 3. The maximum Gasteiger partial charge on any atom is 0.416 e. The van der Waals surface area contributed by atoms with Crippen molar-refractivity contribution in [3.63, 3.8) is 0 Å². The molecule has 0 unspecified atom stereocenters. The molecule has 4 heteroatoms. The van der Waals surface area contributed by atoms with Gasteiger partial charge in [-0.25, -0.2) is 0 Å². The first-order valence-electron chi connectivity index (χ1n) is 7.98. The predicted octanol–water partition coefficient (Wildman–Crippen LogP) is 4.79. The van der Waals surface area contributed by atoms with Crippen LogP contribution in [0, 0.1) is 0 Å². The minimum Gasteiger partial charge on any atom is -0.298 e. The molecule has 1 heterocycles. The number of rotatable bonds is 2. The largest absolute Gasteiger partial charge is 0.416 e. The van der Waals surface area contributed by atoms with Crippen LogP contribution in [-0.2, 0) is 12.7 Å². The lowest BCUT2D eigenvalue weighted by atomic mass is 9.95. The zero-order valence-electron chi connectivity index (χ0n) is 12.7. The van der Waals surface area contributed by atoms with Crippen LogP contribution in [0.25, 0.3) is 0 Å². The van der Waals surface area contributed by atoms with Crippen LogP contribution in [0.2, 0.25) is 0 Å². The maximum atomic E-state index is 13.0. The first-order valence-corrected chi connectivity index (χ1v) is 7.98. The van der Waals surface area contributed by atoms with Gasteiger partial charge in [0.25, 0.3) is 0 Å².